The summed E-state index contributed by atoms with van der Waals surface area (Å²) in [6, 6.07) is 18.7. The minimum Gasteiger partial charge on any atom is -0.0840 e. The smallest absolute Gasteiger partial charge is 0.0234 e. The average Bonchev–Trinajstić information content (AvgIpc) is 2.61. The van der Waals surface area contributed by atoms with E-state index in [4.69, 9.17) is 0 Å². The lowest BCUT2D eigenvalue weighted by molar-refractivity contribution is 0.795. The third kappa shape index (κ3) is 5.40. The van der Waals surface area contributed by atoms with Gasteiger partial charge < -0.3 is 0 Å². The van der Waals surface area contributed by atoms with Gasteiger partial charge in [-0.25, -0.2) is 0 Å². The van der Waals surface area contributed by atoms with Crippen molar-refractivity contribution in [2.24, 2.45) is 0 Å². The summed E-state index contributed by atoms with van der Waals surface area (Å²) in [7, 11) is -0.737. The number of hydrogen-bond acceptors (Lipinski definition) is 0. The third-order valence-electron chi connectivity index (χ3n) is 4.46. The molecule has 0 fully saturated rings. The molecule has 23 heavy (non-hydrogen) atoms. The van der Waals surface area contributed by atoms with E-state index in [1.54, 1.807) is 0 Å². The number of unbranched alkanes of at least 4 members (excludes halogenated alkanes) is 2. The zero-order valence-electron chi connectivity index (χ0n) is 14.9. The number of benzene rings is 2. The van der Waals surface area contributed by atoms with Crippen molar-refractivity contribution < 1.29 is 0 Å². The van der Waals surface area contributed by atoms with Gasteiger partial charge in [-0.3, -0.25) is 0 Å². The second-order valence-electron chi connectivity index (χ2n) is 6.30. The van der Waals surface area contributed by atoms with Gasteiger partial charge in [-0.2, -0.15) is 0 Å². The van der Waals surface area contributed by atoms with Gasteiger partial charge in [-0.15, -0.1) is 0 Å². The number of rotatable bonds is 8. The maximum Gasteiger partial charge on any atom is -0.0234 e. The fourth-order valence-corrected chi connectivity index (χ4v) is 5.02. The van der Waals surface area contributed by atoms with Crippen LogP contribution >= 0.6 is 7.55 Å². The van der Waals surface area contributed by atoms with Gasteiger partial charge in [-0.1, -0.05) is 88.6 Å². The predicted molar refractivity (Wildman–Crippen MR) is 109 cm³/mol. The van der Waals surface area contributed by atoms with Crippen LogP contribution in [0.15, 0.2) is 48.5 Å². The molecule has 0 bridgehead atoms. The SMILES string of the molecule is CC=[PH](c1ccc(CCCC)cc1)c1ccc(CCCC)cc1. The van der Waals surface area contributed by atoms with Crippen LogP contribution in [0.1, 0.15) is 57.6 Å². The first-order chi connectivity index (χ1) is 11.3. The van der Waals surface area contributed by atoms with Crippen molar-refractivity contribution >= 4 is 24.0 Å². The molecular formula is C22H31P. The Kier molecular flexibility index (Phi) is 7.69. The highest BCUT2D eigenvalue weighted by Gasteiger charge is 2.03. The van der Waals surface area contributed by atoms with Crippen molar-refractivity contribution in [3.05, 3.63) is 59.7 Å². The molecule has 2 aromatic carbocycles. The van der Waals surface area contributed by atoms with Crippen molar-refractivity contribution in [3.63, 3.8) is 0 Å². The maximum absolute atomic E-state index is 2.41. The summed E-state index contributed by atoms with van der Waals surface area (Å²) in [5.74, 6) is 2.41. The molecule has 1 heteroatoms. The van der Waals surface area contributed by atoms with Crippen LogP contribution in [0.3, 0.4) is 0 Å². The second kappa shape index (κ2) is 9.78. The summed E-state index contributed by atoms with van der Waals surface area (Å²) in [5, 5.41) is 3.00. The average molecular weight is 326 g/mol. The van der Waals surface area contributed by atoms with Crippen LogP contribution in [-0.2, 0) is 12.8 Å². The van der Waals surface area contributed by atoms with E-state index in [9.17, 15) is 0 Å². The normalized spacial score (nSPS) is 11.0. The third-order valence-corrected chi connectivity index (χ3v) is 6.94. The van der Waals surface area contributed by atoms with Crippen LogP contribution in [0.2, 0.25) is 0 Å². The highest BCUT2D eigenvalue weighted by molar-refractivity contribution is 7.72. The van der Waals surface area contributed by atoms with Gasteiger partial charge in [0.1, 0.15) is 0 Å². The minimum absolute atomic E-state index is 0.737. The first-order valence-corrected chi connectivity index (χ1v) is 10.7. The van der Waals surface area contributed by atoms with E-state index in [1.807, 2.05) is 0 Å². The molecule has 0 unspecified atom stereocenters. The van der Waals surface area contributed by atoms with E-state index < -0.39 is 7.55 Å². The standard InChI is InChI=1S/C22H31P/c1-4-7-9-19-11-15-21(16-12-19)23(6-3)22-17-13-20(14-18-22)10-8-5-2/h6,11-18,23H,4-5,7-10H2,1-3H3. The molecule has 0 nitrogen and oxygen atoms in total. The molecule has 0 aliphatic rings. The van der Waals surface area contributed by atoms with Gasteiger partial charge in [0.05, 0.1) is 0 Å². The van der Waals surface area contributed by atoms with Gasteiger partial charge in [-0.05, 0) is 54.3 Å². The fraction of sp³-hybridized carbons (Fsp3) is 0.409. The lowest BCUT2D eigenvalue weighted by atomic mass is 10.1. The summed E-state index contributed by atoms with van der Waals surface area (Å²) >= 11 is 0. The van der Waals surface area contributed by atoms with Crippen LogP contribution in [-0.4, -0.2) is 5.80 Å². The van der Waals surface area contributed by atoms with Crippen molar-refractivity contribution in [3.8, 4) is 0 Å². The molecule has 0 saturated heterocycles. The molecule has 0 N–H and O–H groups in total. The summed E-state index contributed by atoms with van der Waals surface area (Å²) in [6.07, 6.45) is 7.53. The fourth-order valence-electron chi connectivity index (χ4n) is 2.96. The summed E-state index contributed by atoms with van der Waals surface area (Å²) in [6.45, 7) is 6.72. The number of aryl methyl sites for hydroxylation is 2. The first kappa shape index (κ1) is 18.1. The van der Waals surface area contributed by atoms with E-state index in [0.717, 1.165) is 0 Å². The quantitative estimate of drug-likeness (QED) is 0.573. The lowest BCUT2D eigenvalue weighted by Gasteiger charge is -2.11. The molecule has 0 saturated carbocycles. The van der Waals surface area contributed by atoms with Crippen molar-refractivity contribution in [2.75, 3.05) is 0 Å². The summed E-state index contributed by atoms with van der Waals surface area (Å²) < 4.78 is 0. The molecule has 124 valence electrons. The van der Waals surface area contributed by atoms with E-state index >= 15 is 0 Å². The molecule has 2 rings (SSSR count). The van der Waals surface area contributed by atoms with Gasteiger partial charge in [0.2, 0.25) is 0 Å². The lowest BCUT2D eigenvalue weighted by Crippen LogP contribution is -2.08. The topological polar surface area (TPSA) is 0 Å². The monoisotopic (exact) mass is 326 g/mol. The summed E-state index contributed by atoms with van der Waals surface area (Å²) in [5.41, 5.74) is 2.95. The van der Waals surface area contributed by atoms with Gasteiger partial charge in [0.15, 0.2) is 0 Å². The molecule has 0 aliphatic heterocycles. The van der Waals surface area contributed by atoms with Gasteiger partial charge in [0, 0.05) is 0 Å². The Hall–Kier alpha value is -1.26. The highest BCUT2D eigenvalue weighted by Crippen LogP contribution is 2.22. The maximum atomic E-state index is 2.41. The van der Waals surface area contributed by atoms with Gasteiger partial charge in [0.25, 0.3) is 0 Å². The van der Waals surface area contributed by atoms with Crippen LogP contribution in [0.4, 0.5) is 0 Å². The second-order valence-corrected chi connectivity index (χ2v) is 8.86. The van der Waals surface area contributed by atoms with Gasteiger partial charge >= 0.3 is 0 Å². The van der Waals surface area contributed by atoms with Crippen molar-refractivity contribution in [2.45, 2.75) is 59.3 Å². The summed E-state index contributed by atoms with van der Waals surface area (Å²) in [4.78, 5) is 0. The Morgan fingerprint density at radius 3 is 1.39 bits per heavy atom. The zero-order valence-corrected chi connectivity index (χ0v) is 15.9. The largest absolute Gasteiger partial charge is 0.0840 e. The molecule has 0 amide bonds. The predicted octanol–water partition coefficient (Wildman–Crippen LogP) is 5.36. The molecule has 0 spiro atoms. The van der Waals surface area contributed by atoms with E-state index in [2.05, 4.69) is 75.1 Å². The van der Waals surface area contributed by atoms with E-state index in [0.29, 0.717) is 0 Å². The minimum atomic E-state index is -0.737. The Morgan fingerprint density at radius 2 is 1.09 bits per heavy atom. The highest BCUT2D eigenvalue weighted by atomic mass is 31.1. The molecule has 0 aromatic heterocycles. The van der Waals surface area contributed by atoms with E-state index in [1.165, 1.54) is 60.3 Å². The van der Waals surface area contributed by atoms with Crippen molar-refractivity contribution in [1.82, 2.24) is 0 Å². The molecule has 0 heterocycles. The Balaban J connectivity index is 2.13. The van der Waals surface area contributed by atoms with Crippen LogP contribution in [0, 0.1) is 0 Å². The first-order valence-electron chi connectivity index (χ1n) is 9.13. The Labute approximate surface area is 143 Å². The van der Waals surface area contributed by atoms with Crippen LogP contribution in [0.5, 0.6) is 0 Å². The van der Waals surface area contributed by atoms with Crippen LogP contribution < -0.4 is 10.6 Å². The number of hydrogen-bond donors (Lipinski definition) is 0. The van der Waals surface area contributed by atoms with E-state index in [-0.39, 0.29) is 0 Å². The Morgan fingerprint density at radius 1 is 0.696 bits per heavy atom. The Bertz CT molecular complexity index is 552. The molecule has 0 radical (unpaired) electrons. The van der Waals surface area contributed by atoms with Crippen molar-refractivity contribution in [1.29, 1.82) is 0 Å². The van der Waals surface area contributed by atoms with Crippen LogP contribution in [0.25, 0.3) is 0 Å². The zero-order chi connectivity index (χ0) is 16.5. The molecule has 0 atom stereocenters. The molecular weight excluding hydrogens is 295 g/mol. The molecule has 0 aliphatic carbocycles. The molecule has 2 aromatic rings.